The molecule has 0 N–H and O–H groups in total. The Labute approximate surface area is 109 Å². The van der Waals surface area contributed by atoms with Crippen molar-refractivity contribution in [2.24, 2.45) is 7.05 Å². The van der Waals surface area contributed by atoms with Crippen LogP contribution in [0.15, 0.2) is 59.5 Å². The third-order valence-corrected chi connectivity index (χ3v) is 3.27. The molecule has 4 heteroatoms. The summed E-state index contributed by atoms with van der Waals surface area (Å²) in [5.74, 6) is 0. The van der Waals surface area contributed by atoms with E-state index in [1.165, 1.54) is 0 Å². The number of hydrogen-bond acceptors (Lipinski definition) is 2. The molecule has 19 heavy (non-hydrogen) atoms. The van der Waals surface area contributed by atoms with Gasteiger partial charge in [-0.05, 0) is 24.3 Å². The van der Waals surface area contributed by atoms with E-state index in [1.54, 1.807) is 6.33 Å². The van der Waals surface area contributed by atoms with Crippen LogP contribution in [-0.4, -0.2) is 9.78 Å². The number of fused-ring (bicyclic) bond motifs is 3. The van der Waals surface area contributed by atoms with Gasteiger partial charge in [-0.25, -0.2) is 4.57 Å². The van der Waals surface area contributed by atoms with E-state index in [1.807, 2.05) is 53.0 Å². The van der Waals surface area contributed by atoms with Crippen LogP contribution in [0.25, 0.3) is 27.6 Å². The van der Waals surface area contributed by atoms with Crippen molar-refractivity contribution in [2.75, 3.05) is 0 Å². The highest BCUT2D eigenvalue weighted by Gasteiger charge is 2.11. The van der Waals surface area contributed by atoms with E-state index < -0.39 is 0 Å². The second kappa shape index (κ2) is 3.68. The van der Waals surface area contributed by atoms with Crippen LogP contribution in [0.5, 0.6) is 0 Å². The Morgan fingerprint density at radius 3 is 2.74 bits per heavy atom. The minimum Gasteiger partial charge on any atom is -0.456 e. The van der Waals surface area contributed by atoms with E-state index in [0.717, 1.165) is 27.6 Å². The SMILES string of the molecule is C[n+]1cnn(-c2ccc3oc4ccccc4c3c2)c1. The number of hydrogen-bond donors (Lipinski definition) is 0. The Kier molecular flexibility index (Phi) is 2.00. The Balaban J connectivity index is 2.02. The van der Waals surface area contributed by atoms with Crippen molar-refractivity contribution in [3.8, 4) is 5.69 Å². The number of nitrogens with zero attached hydrogens (tertiary/aromatic N) is 3. The summed E-state index contributed by atoms with van der Waals surface area (Å²) >= 11 is 0. The van der Waals surface area contributed by atoms with Gasteiger partial charge in [-0.3, -0.25) is 0 Å². The summed E-state index contributed by atoms with van der Waals surface area (Å²) in [6.45, 7) is 0. The number of aryl methyl sites for hydroxylation is 1. The van der Waals surface area contributed by atoms with Crippen LogP contribution in [0.2, 0.25) is 0 Å². The van der Waals surface area contributed by atoms with E-state index in [4.69, 9.17) is 4.42 Å². The highest BCUT2D eigenvalue weighted by atomic mass is 16.3. The molecule has 0 atom stereocenters. The fourth-order valence-electron chi connectivity index (χ4n) is 2.36. The van der Waals surface area contributed by atoms with E-state index in [-0.39, 0.29) is 0 Å². The first-order valence-electron chi connectivity index (χ1n) is 6.13. The van der Waals surface area contributed by atoms with Crippen molar-refractivity contribution in [2.45, 2.75) is 0 Å². The average molecular weight is 250 g/mol. The first kappa shape index (κ1) is 10.3. The summed E-state index contributed by atoms with van der Waals surface area (Å²) in [5.41, 5.74) is 2.85. The lowest BCUT2D eigenvalue weighted by Crippen LogP contribution is -2.23. The molecule has 0 fully saturated rings. The molecule has 2 aromatic carbocycles. The van der Waals surface area contributed by atoms with Gasteiger partial charge in [0, 0.05) is 15.9 Å². The van der Waals surface area contributed by atoms with Crippen LogP contribution in [0, 0.1) is 0 Å². The Morgan fingerprint density at radius 2 is 1.89 bits per heavy atom. The third-order valence-electron chi connectivity index (χ3n) is 3.27. The first-order chi connectivity index (χ1) is 9.31. The van der Waals surface area contributed by atoms with Crippen molar-refractivity contribution >= 4 is 21.9 Å². The Morgan fingerprint density at radius 1 is 1.05 bits per heavy atom. The van der Waals surface area contributed by atoms with Gasteiger partial charge in [0.15, 0.2) is 0 Å². The molecule has 4 nitrogen and oxygen atoms in total. The Bertz CT molecular complexity index is 889. The molecule has 0 bridgehead atoms. The van der Waals surface area contributed by atoms with Gasteiger partial charge in [0.25, 0.3) is 6.33 Å². The zero-order valence-electron chi connectivity index (χ0n) is 10.4. The van der Waals surface area contributed by atoms with Crippen molar-refractivity contribution in [1.82, 2.24) is 9.78 Å². The lowest BCUT2D eigenvalue weighted by atomic mass is 10.1. The van der Waals surface area contributed by atoms with Crippen LogP contribution in [0.3, 0.4) is 0 Å². The lowest BCUT2D eigenvalue weighted by Gasteiger charge is -1.93. The van der Waals surface area contributed by atoms with Gasteiger partial charge < -0.3 is 4.42 Å². The summed E-state index contributed by atoms with van der Waals surface area (Å²) in [4.78, 5) is 0. The van der Waals surface area contributed by atoms with Crippen LogP contribution in [-0.2, 0) is 7.05 Å². The number of para-hydroxylation sites is 1. The summed E-state index contributed by atoms with van der Waals surface area (Å²) in [7, 11) is 1.95. The van der Waals surface area contributed by atoms with Gasteiger partial charge in [0.2, 0.25) is 6.33 Å². The summed E-state index contributed by atoms with van der Waals surface area (Å²) in [6, 6.07) is 14.2. The molecule has 0 aliphatic heterocycles. The molecule has 0 amide bonds. The summed E-state index contributed by atoms with van der Waals surface area (Å²) in [5, 5.41) is 6.56. The first-order valence-corrected chi connectivity index (χ1v) is 6.13. The van der Waals surface area contributed by atoms with E-state index >= 15 is 0 Å². The molecule has 0 spiro atoms. The van der Waals surface area contributed by atoms with Gasteiger partial charge in [-0.1, -0.05) is 22.9 Å². The zero-order valence-corrected chi connectivity index (χ0v) is 10.4. The fourth-order valence-corrected chi connectivity index (χ4v) is 2.36. The number of aromatic nitrogens is 3. The van der Waals surface area contributed by atoms with Crippen LogP contribution < -0.4 is 4.57 Å². The topological polar surface area (TPSA) is 34.8 Å². The van der Waals surface area contributed by atoms with Gasteiger partial charge in [-0.15, -0.1) is 0 Å². The van der Waals surface area contributed by atoms with E-state index in [0.29, 0.717) is 0 Å². The molecule has 0 aliphatic rings. The standard InChI is InChI=1S/C15H12N3O/c1-17-9-16-18(10-17)11-6-7-15-13(8-11)12-4-2-3-5-14(12)19-15/h2-10H,1H3/q+1. The predicted octanol–water partition coefficient (Wildman–Crippen LogP) is 2.60. The predicted molar refractivity (Wildman–Crippen MR) is 72.0 cm³/mol. The van der Waals surface area contributed by atoms with Crippen LogP contribution in [0.4, 0.5) is 0 Å². The second-order valence-corrected chi connectivity index (χ2v) is 4.64. The molecular weight excluding hydrogens is 238 g/mol. The summed E-state index contributed by atoms with van der Waals surface area (Å²) in [6.07, 6.45) is 3.71. The number of furan rings is 1. The molecule has 0 radical (unpaired) electrons. The molecule has 92 valence electrons. The van der Waals surface area contributed by atoms with E-state index in [9.17, 15) is 0 Å². The minimum atomic E-state index is 0.904. The molecule has 0 saturated carbocycles. The fraction of sp³-hybridized carbons (Fsp3) is 0.0667. The van der Waals surface area contributed by atoms with Crippen LogP contribution >= 0.6 is 0 Å². The number of benzene rings is 2. The monoisotopic (exact) mass is 250 g/mol. The molecule has 0 saturated heterocycles. The van der Waals surface area contributed by atoms with Gasteiger partial charge in [-0.2, -0.15) is 0 Å². The summed E-state index contributed by atoms with van der Waals surface area (Å²) < 4.78 is 9.58. The van der Waals surface area contributed by atoms with Crippen LogP contribution in [0.1, 0.15) is 0 Å². The molecule has 2 aromatic heterocycles. The van der Waals surface area contributed by atoms with Gasteiger partial charge in [0.1, 0.15) is 16.9 Å². The zero-order chi connectivity index (χ0) is 12.8. The minimum absolute atomic E-state index is 0.904. The smallest absolute Gasteiger partial charge is 0.265 e. The third kappa shape index (κ3) is 1.53. The highest BCUT2D eigenvalue weighted by molar-refractivity contribution is 6.05. The Hall–Kier alpha value is -2.62. The van der Waals surface area contributed by atoms with Gasteiger partial charge >= 0.3 is 0 Å². The maximum absolute atomic E-state index is 5.81. The van der Waals surface area contributed by atoms with E-state index in [2.05, 4.69) is 17.2 Å². The molecule has 4 rings (SSSR count). The van der Waals surface area contributed by atoms with Crippen molar-refractivity contribution < 1.29 is 8.98 Å². The van der Waals surface area contributed by atoms with Crippen molar-refractivity contribution in [3.05, 3.63) is 55.1 Å². The van der Waals surface area contributed by atoms with Crippen molar-refractivity contribution in [3.63, 3.8) is 0 Å². The van der Waals surface area contributed by atoms with Gasteiger partial charge in [0.05, 0.1) is 7.05 Å². The lowest BCUT2D eigenvalue weighted by molar-refractivity contribution is -0.672. The normalized spacial score (nSPS) is 11.4. The molecular formula is C15H12N3O+. The number of rotatable bonds is 1. The maximum atomic E-state index is 5.81. The molecule has 0 aliphatic carbocycles. The highest BCUT2D eigenvalue weighted by Crippen LogP contribution is 2.29. The van der Waals surface area contributed by atoms with Crippen molar-refractivity contribution in [1.29, 1.82) is 0 Å². The second-order valence-electron chi connectivity index (χ2n) is 4.64. The largest absolute Gasteiger partial charge is 0.456 e. The average Bonchev–Trinajstić information content (AvgIpc) is 3.01. The molecule has 2 heterocycles. The molecule has 4 aromatic rings. The maximum Gasteiger partial charge on any atom is 0.265 e. The quantitative estimate of drug-likeness (QED) is 0.487. The molecule has 0 unspecified atom stereocenters.